The van der Waals surface area contributed by atoms with E-state index in [0.717, 1.165) is 17.3 Å². The molecule has 3 nitrogen and oxygen atoms in total. The fourth-order valence-corrected chi connectivity index (χ4v) is 2.18. The van der Waals surface area contributed by atoms with Gasteiger partial charge in [-0.1, -0.05) is 22.0 Å². The Morgan fingerprint density at radius 3 is 2.89 bits per heavy atom. The molecule has 0 saturated heterocycles. The lowest BCUT2D eigenvalue weighted by Crippen LogP contribution is -2.38. The zero-order valence-corrected chi connectivity index (χ0v) is 12.1. The maximum Gasteiger partial charge on any atom is 0.251 e. The van der Waals surface area contributed by atoms with Gasteiger partial charge in [0.25, 0.3) is 5.91 Å². The molecule has 1 atom stereocenters. The smallest absolute Gasteiger partial charge is 0.251 e. The summed E-state index contributed by atoms with van der Waals surface area (Å²) in [5, 5.41) is 3.61. The van der Waals surface area contributed by atoms with Crippen molar-refractivity contribution in [2.75, 3.05) is 19.0 Å². The Hall–Kier alpha value is -0.940. The van der Waals surface area contributed by atoms with Gasteiger partial charge in [-0.25, -0.2) is 4.39 Å². The lowest BCUT2D eigenvalue weighted by atomic mass is 10.1. The SMILES string of the molecule is COCC(CCBr)NC(=O)c1cc(F)ccc1C. The van der Waals surface area contributed by atoms with Crippen molar-refractivity contribution in [1.29, 1.82) is 0 Å². The van der Waals surface area contributed by atoms with Gasteiger partial charge in [-0.05, 0) is 31.0 Å². The molecule has 0 bridgehead atoms. The van der Waals surface area contributed by atoms with E-state index in [4.69, 9.17) is 4.74 Å². The summed E-state index contributed by atoms with van der Waals surface area (Å²) in [4.78, 5) is 12.0. The first kappa shape index (κ1) is 15.1. The number of carbonyl (C=O) groups is 1. The van der Waals surface area contributed by atoms with Crippen LogP contribution >= 0.6 is 15.9 Å². The molecule has 1 rings (SSSR count). The summed E-state index contributed by atoms with van der Waals surface area (Å²) in [5.41, 5.74) is 1.12. The molecule has 1 aromatic rings. The molecule has 0 aromatic heterocycles. The fourth-order valence-electron chi connectivity index (χ4n) is 1.63. The van der Waals surface area contributed by atoms with Crippen molar-refractivity contribution in [2.24, 2.45) is 0 Å². The van der Waals surface area contributed by atoms with Crippen LogP contribution in [-0.4, -0.2) is 31.0 Å². The molecule has 1 amide bonds. The van der Waals surface area contributed by atoms with E-state index in [9.17, 15) is 9.18 Å². The number of carbonyl (C=O) groups excluding carboxylic acids is 1. The number of alkyl halides is 1. The number of hydrogen-bond donors (Lipinski definition) is 1. The molecular formula is C13H17BrFNO2. The Bertz CT molecular complexity index is 406. The number of hydrogen-bond acceptors (Lipinski definition) is 2. The number of halogens is 2. The van der Waals surface area contributed by atoms with Gasteiger partial charge < -0.3 is 10.1 Å². The highest BCUT2D eigenvalue weighted by Gasteiger charge is 2.15. The largest absolute Gasteiger partial charge is 0.383 e. The molecule has 5 heteroatoms. The standard InChI is InChI=1S/C13H17BrFNO2/c1-9-3-4-10(15)7-12(9)13(17)16-11(5-6-14)8-18-2/h3-4,7,11H,5-6,8H2,1-2H3,(H,16,17). The summed E-state index contributed by atoms with van der Waals surface area (Å²) < 4.78 is 18.2. The Morgan fingerprint density at radius 2 is 2.28 bits per heavy atom. The van der Waals surface area contributed by atoms with Gasteiger partial charge in [-0.2, -0.15) is 0 Å². The second-order valence-electron chi connectivity index (χ2n) is 4.06. The quantitative estimate of drug-likeness (QED) is 0.819. The highest BCUT2D eigenvalue weighted by Crippen LogP contribution is 2.11. The van der Waals surface area contributed by atoms with Crippen molar-refractivity contribution < 1.29 is 13.9 Å². The summed E-state index contributed by atoms with van der Waals surface area (Å²) in [7, 11) is 1.58. The number of rotatable bonds is 6. The molecule has 0 saturated carbocycles. The highest BCUT2D eigenvalue weighted by molar-refractivity contribution is 9.09. The average Bonchev–Trinajstić information content (AvgIpc) is 2.33. The van der Waals surface area contributed by atoms with E-state index >= 15 is 0 Å². The van der Waals surface area contributed by atoms with Crippen LogP contribution in [-0.2, 0) is 4.74 Å². The van der Waals surface area contributed by atoms with Gasteiger partial charge in [0.2, 0.25) is 0 Å². The second-order valence-corrected chi connectivity index (χ2v) is 4.86. The van der Waals surface area contributed by atoms with E-state index in [2.05, 4.69) is 21.2 Å². The van der Waals surface area contributed by atoms with E-state index < -0.39 is 5.82 Å². The minimum atomic E-state index is -0.408. The zero-order chi connectivity index (χ0) is 13.5. The molecule has 0 aliphatic carbocycles. The molecule has 100 valence electrons. The van der Waals surface area contributed by atoms with Crippen LogP contribution in [0.5, 0.6) is 0 Å². The van der Waals surface area contributed by atoms with Crippen molar-refractivity contribution in [1.82, 2.24) is 5.32 Å². The molecule has 18 heavy (non-hydrogen) atoms. The lowest BCUT2D eigenvalue weighted by molar-refractivity contribution is 0.0894. The minimum Gasteiger partial charge on any atom is -0.383 e. The Morgan fingerprint density at radius 1 is 1.56 bits per heavy atom. The monoisotopic (exact) mass is 317 g/mol. The topological polar surface area (TPSA) is 38.3 Å². The Labute approximate surface area is 115 Å². The summed E-state index contributed by atoms with van der Waals surface area (Å²) in [5.74, 6) is -0.676. The summed E-state index contributed by atoms with van der Waals surface area (Å²) >= 11 is 3.33. The first-order valence-corrected chi connectivity index (χ1v) is 6.82. The lowest BCUT2D eigenvalue weighted by Gasteiger charge is -2.17. The normalized spacial score (nSPS) is 12.2. The van der Waals surface area contributed by atoms with Crippen LogP contribution < -0.4 is 5.32 Å². The first-order chi connectivity index (χ1) is 8.58. The van der Waals surface area contributed by atoms with Crippen LogP contribution in [0.3, 0.4) is 0 Å². The van der Waals surface area contributed by atoms with Gasteiger partial charge in [0, 0.05) is 18.0 Å². The van der Waals surface area contributed by atoms with E-state index in [-0.39, 0.29) is 11.9 Å². The molecular weight excluding hydrogens is 301 g/mol. The van der Waals surface area contributed by atoms with Crippen LogP contribution in [0.25, 0.3) is 0 Å². The van der Waals surface area contributed by atoms with Gasteiger partial charge in [-0.3, -0.25) is 4.79 Å². The average molecular weight is 318 g/mol. The second kappa shape index (κ2) is 7.48. The van der Waals surface area contributed by atoms with Crippen LogP contribution in [0.4, 0.5) is 4.39 Å². The zero-order valence-electron chi connectivity index (χ0n) is 10.5. The van der Waals surface area contributed by atoms with Crippen molar-refractivity contribution in [3.8, 4) is 0 Å². The first-order valence-electron chi connectivity index (χ1n) is 5.70. The van der Waals surface area contributed by atoms with E-state index in [1.54, 1.807) is 20.1 Å². The van der Waals surface area contributed by atoms with Gasteiger partial charge in [0.1, 0.15) is 5.82 Å². The number of ether oxygens (including phenoxy) is 1. The molecule has 0 fully saturated rings. The van der Waals surface area contributed by atoms with Crippen molar-refractivity contribution in [3.63, 3.8) is 0 Å². The number of nitrogens with one attached hydrogen (secondary N) is 1. The van der Waals surface area contributed by atoms with Crippen LogP contribution in [0.1, 0.15) is 22.3 Å². The molecule has 0 heterocycles. The Balaban J connectivity index is 2.76. The van der Waals surface area contributed by atoms with Gasteiger partial charge >= 0.3 is 0 Å². The van der Waals surface area contributed by atoms with Crippen LogP contribution in [0.15, 0.2) is 18.2 Å². The number of amides is 1. The molecule has 0 aliphatic heterocycles. The van der Waals surface area contributed by atoms with E-state index in [1.165, 1.54) is 12.1 Å². The molecule has 0 radical (unpaired) electrons. The third-order valence-corrected chi connectivity index (χ3v) is 3.06. The van der Waals surface area contributed by atoms with E-state index in [0.29, 0.717) is 12.2 Å². The summed E-state index contributed by atoms with van der Waals surface area (Å²) in [6.07, 6.45) is 0.758. The number of benzene rings is 1. The third-order valence-electron chi connectivity index (χ3n) is 2.60. The summed E-state index contributed by atoms with van der Waals surface area (Å²) in [6, 6.07) is 4.12. The third kappa shape index (κ3) is 4.38. The maximum absolute atomic E-state index is 13.1. The molecule has 1 N–H and O–H groups in total. The number of aryl methyl sites for hydroxylation is 1. The Kier molecular flexibility index (Phi) is 6.29. The van der Waals surface area contributed by atoms with Crippen molar-refractivity contribution in [2.45, 2.75) is 19.4 Å². The van der Waals surface area contributed by atoms with Crippen molar-refractivity contribution in [3.05, 3.63) is 35.1 Å². The van der Waals surface area contributed by atoms with Crippen LogP contribution in [0, 0.1) is 12.7 Å². The molecule has 1 unspecified atom stereocenters. The molecule has 0 aliphatic rings. The highest BCUT2D eigenvalue weighted by atomic mass is 79.9. The van der Waals surface area contributed by atoms with Gasteiger partial charge in [-0.15, -0.1) is 0 Å². The van der Waals surface area contributed by atoms with Crippen molar-refractivity contribution >= 4 is 21.8 Å². The maximum atomic E-state index is 13.1. The van der Waals surface area contributed by atoms with Gasteiger partial charge in [0.15, 0.2) is 0 Å². The minimum absolute atomic E-state index is 0.0791. The molecule has 1 aromatic carbocycles. The van der Waals surface area contributed by atoms with Crippen LogP contribution in [0.2, 0.25) is 0 Å². The predicted octanol–water partition coefficient (Wildman–Crippen LogP) is 2.66. The summed E-state index contributed by atoms with van der Waals surface area (Å²) in [6.45, 7) is 2.22. The van der Waals surface area contributed by atoms with Gasteiger partial charge in [0.05, 0.1) is 12.6 Å². The fraction of sp³-hybridized carbons (Fsp3) is 0.462. The molecule has 0 spiro atoms. The number of methoxy groups -OCH3 is 1. The predicted molar refractivity (Wildman–Crippen MR) is 72.7 cm³/mol. The van der Waals surface area contributed by atoms with E-state index in [1.807, 2.05) is 0 Å².